The first-order valence-electron chi connectivity index (χ1n) is 6.50. The minimum atomic E-state index is -0.554. The van der Waals surface area contributed by atoms with Crippen molar-refractivity contribution in [3.8, 4) is 0 Å². The van der Waals surface area contributed by atoms with Crippen LogP contribution in [0.15, 0.2) is 63.2 Å². The van der Waals surface area contributed by atoms with Gasteiger partial charge in [-0.15, -0.1) is 4.68 Å². The van der Waals surface area contributed by atoms with Crippen LogP contribution in [0.1, 0.15) is 11.1 Å². The van der Waals surface area contributed by atoms with Gasteiger partial charge in [-0.1, -0.05) is 42.0 Å². The van der Waals surface area contributed by atoms with Crippen LogP contribution in [0, 0.1) is 6.92 Å². The standard InChI is InChI=1S/C16H13N3O2/c1-11-6-8-12(9-7-11)10-17-19-15(20)13-4-2-3-5-14(13)18-16(19)21/h2-10H,1H3,(H,18,21). The third kappa shape index (κ3) is 2.53. The van der Waals surface area contributed by atoms with Crippen LogP contribution in [-0.4, -0.2) is 15.9 Å². The summed E-state index contributed by atoms with van der Waals surface area (Å²) < 4.78 is 0.836. The Kier molecular flexibility index (Phi) is 3.23. The topological polar surface area (TPSA) is 67.2 Å². The van der Waals surface area contributed by atoms with Gasteiger partial charge in [-0.3, -0.25) is 4.79 Å². The molecule has 1 aromatic heterocycles. The van der Waals surface area contributed by atoms with E-state index in [1.54, 1.807) is 24.3 Å². The lowest BCUT2D eigenvalue weighted by Crippen LogP contribution is -2.32. The predicted octanol–water partition coefficient (Wildman–Crippen LogP) is 1.88. The summed E-state index contributed by atoms with van der Waals surface area (Å²) in [6.45, 7) is 1.99. The Hall–Kier alpha value is -2.95. The van der Waals surface area contributed by atoms with E-state index in [4.69, 9.17) is 0 Å². The number of aromatic amines is 1. The number of benzene rings is 2. The summed E-state index contributed by atoms with van der Waals surface area (Å²) in [6.07, 6.45) is 1.49. The Bertz CT molecular complexity index is 934. The summed E-state index contributed by atoms with van der Waals surface area (Å²) in [5.74, 6) is 0. The lowest BCUT2D eigenvalue weighted by atomic mass is 10.2. The van der Waals surface area contributed by atoms with E-state index in [9.17, 15) is 9.59 Å². The van der Waals surface area contributed by atoms with Crippen molar-refractivity contribution < 1.29 is 0 Å². The normalized spacial score (nSPS) is 11.3. The maximum atomic E-state index is 12.3. The van der Waals surface area contributed by atoms with E-state index in [2.05, 4.69) is 10.1 Å². The molecular weight excluding hydrogens is 266 g/mol. The molecule has 0 saturated carbocycles. The second kappa shape index (κ2) is 5.20. The molecule has 0 atom stereocenters. The molecule has 3 aromatic rings. The molecule has 0 aliphatic rings. The van der Waals surface area contributed by atoms with Gasteiger partial charge in [-0.25, -0.2) is 4.79 Å². The highest BCUT2D eigenvalue weighted by Gasteiger charge is 2.05. The second-order valence-corrected chi connectivity index (χ2v) is 4.75. The minimum Gasteiger partial charge on any atom is -0.305 e. The largest absolute Gasteiger partial charge is 0.349 e. The summed E-state index contributed by atoms with van der Waals surface area (Å²) in [6, 6.07) is 14.5. The molecular formula is C16H13N3O2. The maximum Gasteiger partial charge on any atom is 0.349 e. The number of aryl methyl sites for hydroxylation is 1. The van der Waals surface area contributed by atoms with Gasteiger partial charge in [0, 0.05) is 0 Å². The lowest BCUT2D eigenvalue weighted by molar-refractivity contribution is 0.771. The molecule has 1 N–H and O–H groups in total. The average molecular weight is 279 g/mol. The fourth-order valence-corrected chi connectivity index (χ4v) is 2.03. The zero-order chi connectivity index (χ0) is 14.8. The van der Waals surface area contributed by atoms with Crippen LogP contribution in [0.5, 0.6) is 0 Å². The number of para-hydroxylation sites is 1. The van der Waals surface area contributed by atoms with Crippen molar-refractivity contribution in [3.05, 3.63) is 80.5 Å². The average Bonchev–Trinajstić information content (AvgIpc) is 2.49. The molecule has 2 aromatic carbocycles. The van der Waals surface area contributed by atoms with E-state index < -0.39 is 11.2 Å². The van der Waals surface area contributed by atoms with Gasteiger partial charge in [0.1, 0.15) is 0 Å². The van der Waals surface area contributed by atoms with Gasteiger partial charge in [-0.05, 0) is 24.6 Å². The van der Waals surface area contributed by atoms with Crippen molar-refractivity contribution in [2.24, 2.45) is 5.10 Å². The number of nitrogens with one attached hydrogen (secondary N) is 1. The van der Waals surface area contributed by atoms with E-state index in [0.717, 1.165) is 15.8 Å². The second-order valence-electron chi connectivity index (χ2n) is 4.75. The number of nitrogens with zero attached hydrogens (tertiary/aromatic N) is 2. The first-order valence-corrected chi connectivity index (χ1v) is 6.50. The third-order valence-corrected chi connectivity index (χ3v) is 3.18. The fraction of sp³-hybridized carbons (Fsp3) is 0.0625. The zero-order valence-electron chi connectivity index (χ0n) is 11.4. The molecule has 5 heteroatoms. The molecule has 0 fully saturated rings. The summed E-state index contributed by atoms with van der Waals surface area (Å²) in [5, 5.41) is 4.42. The quantitative estimate of drug-likeness (QED) is 0.728. The molecule has 1 heterocycles. The summed E-state index contributed by atoms with van der Waals surface area (Å²) in [4.78, 5) is 26.8. The Morgan fingerprint density at radius 1 is 1.05 bits per heavy atom. The lowest BCUT2D eigenvalue weighted by Gasteiger charge is -2.00. The molecule has 0 spiro atoms. The van der Waals surface area contributed by atoms with Gasteiger partial charge in [0.05, 0.1) is 17.1 Å². The number of aromatic nitrogens is 2. The van der Waals surface area contributed by atoms with Crippen LogP contribution < -0.4 is 11.2 Å². The van der Waals surface area contributed by atoms with E-state index in [1.807, 2.05) is 31.2 Å². The van der Waals surface area contributed by atoms with Gasteiger partial charge < -0.3 is 4.98 Å². The van der Waals surface area contributed by atoms with Crippen LogP contribution >= 0.6 is 0 Å². The Morgan fingerprint density at radius 3 is 2.52 bits per heavy atom. The number of hydrogen-bond donors (Lipinski definition) is 1. The van der Waals surface area contributed by atoms with Crippen LogP contribution in [0.2, 0.25) is 0 Å². The first-order chi connectivity index (χ1) is 10.1. The number of rotatable bonds is 2. The van der Waals surface area contributed by atoms with Gasteiger partial charge in [0.15, 0.2) is 0 Å². The molecule has 0 aliphatic heterocycles. The zero-order valence-corrected chi connectivity index (χ0v) is 11.4. The molecule has 104 valence electrons. The van der Waals surface area contributed by atoms with Crippen LogP contribution in [0.25, 0.3) is 10.9 Å². The van der Waals surface area contributed by atoms with E-state index in [-0.39, 0.29) is 0 Å². The van der Waals surface area contributed by atoms with E-state index in [1.165, 1.54) is 6.21 Å². The van der Waals surface area contributed by atoms with Crippen molar-refractivity contribution >= 4 is 17.1 Å². The highest BCUT2D eigenvalue weighted by molar-refractivity contribution is 5.80. The molecule has 0 bridgehead atoms. The van der Waals surface area contributed by atoms with Crippen molar-refractivity contribution in [2.45, 2.75) is 6.92 Å². The Balaban J connectivity index is 2.10. The van der Waals surface area contributed by atoms with Crippen molar-refractivity contribution in [2.75, 3.05) is 0 Å². The van der Waals surface area contributed by atoms with E-state index >= 15 is 0 Å². The molecule has 5 nitrogen and oxygen atoms in total. The Morgan fingerprint density at radius 2 is 1.76 bits per heavy atom. The molecule has 21 heavy (non-hydrogen) atoms. The number of fused-ring (bicyclic) bond motifs is 1. The number of H-pyrrole nitrogens is 1. The van der Waals surface area contributed by atoms with Gasteiger partial charge in [0.2, 0.25) is 0 Å². The summed E-state index contributed by atoms with van der Waals surface area (Å²) in [5.41, 5.74) is 1.47. The van der Waals surface area contributed by atoms with Crippen LogP contribution in [0.3, 0.4) is 0 Å². The monoisotopic (exact) mass is 279 g/mol. The van der Waals surface area contributed by atoms with Crippen molar-refractivity contribution in [1.29, 1.82) is 0 Å². The maximum absolute atomic E-state index is 12.3. The van der Waals surface area contributed by atoms with Gasteiger partial charge >= 0.3 is 5.69 Å². The predicted molar refractivity (Wildman–Crippen MR) is 83.0 cm³/mol. The van der Waals surface area contributed by atoms with Crippen LogP contribution in [-0.2, 0) is 0 Å². The number of hydrogen-bond acceptors (Lipinski definition) is 3. The van der Waals surface area contributed by atoms with Gasteiger partial charge in [-0.2, -0.15) is 5.10 Å². The smallest absolute Gasteiger partial charge is 0.305 e. The summed E-state index contributed by atoms with van der Waals surface area (Å²) in [7, 11) is 0. The molecule has 0 aliphatic carbocycles. The molecule has 0 radical (unpaired) electrons. The first kappa shape index (κ1) is 13.1. The molecule has 0 saturated heterocycles. The van der Waals surface area contributed by atoms with Gasteiger partial charge in [0.25, 0.3) is 5.56 Å². The Labute approximate surface area is 120 Å². The van der Waals surface area contributed by atoms with Crippen LogP contribution in [0.4, 0.5) is 0 Å². The highest BCUT2D eigenvalue weighted by atomic mass is 16.2. The van der Waals surface area contributed by atoms with Crippen molar-refractivity contribution in [1.82, 2.24) is 9.66 Å². The van der Waals surface area contributed by atoms with Crippen molar-refractivity contribution in [3.63, 3.8) is 0 Å². The summed E-state index contributed by atoms with van der Waals surface area (Å²) >= 11 is 0. The van der Waals surface area contributed by atoms with E-state index in [0.29, 0.717) is 10.9 Å². The SMILES string of the molecule is Cc1ccc(C=Nn2c(=O)[nH]c3ccccc3c2=O)cc1. The molecule has 0 amide bonds. The highest BCUT2D eigenvalue weighted by Crippen LogP contribution is 2.03. The fourth-order valence-electron chi connectivity index (χ4n) is 2.03. The minimum absolute atomic E-state index is 0.429. The third-order valence-electron chi connectivity index (χ3n) is 3.18. The molecule has 3 rings (SSSR count). The molecule has 0 unspecified atom stereocenters.